The van der Waals surface area contributed by atoms with Crippen LogP contribution < -0.4 is 5.32 Å². The van der Waals surface area contributed by atoms with Crippen LogP contribution >= 0.6 is 23.1 Å². The van der Waals surface area contributed by atoms with Gasteiger partial charge in [0.2, 0.25) is 0 Å². The van der Waals surface area contributed by atoms with Gasteiger partial charge < -0.3 is 10.4 Å². The van der Waals surface area contributed by atoms with Crippen molar-refractivity contribution in [2.75, 3.05) is 11.5 Å². The second-order valence-corrected chi connectivity index (χ2v) is 8.70. The van der Waals surface area contributed by atoms with E-state index in [-0.39, 0.29) is 11.8 Å². The van der Waals surface area contributed by atoms with Crippen LogP contribution in [0.3, 0.4) is 0 Å². The van der Waals surface area contributed by atoms with Crippen LogP contribution in [-0.4, -0.2) is 43.8 Å². The van der Waals surface area contributed by atoms with Crippen molar-refractivity contribution in [1.29, 1.82) is 0 Å². The van der Waals surface area contributed by atoms with Crippen LogP contribution in [0.25, 0.3) is 10.2 Å². The molecule has 0 aromatic carbocycles. The standard InChI is InChI=1S/C16H21N3O3S2/c1-9(2)12-10-8-11(24-14(10)19(3)18-12)13(20)17-16(15(21)22)4-6-23-7-5-16/h8-9H,4-7H2,1-3H3,(H,17,20)(H,21,22). The summed E-state index contributed by atoms with van der Waals surface area (Å²) in [5.41, 5.74) is -0.178. The first kappa shape index (κ1) is 17.3. The van der Waals surface area contributed by atoms with Crippen LogP contribution in [0.4, 0.5) is 0 Å². The molecule has 8 heteroatoms. The number of hydrogen-bond acceptors (Lipinski definition) is 5. The highest BCUT2D eigenvalue weighted by molar-refractivity contribution is 7.99. The smallest absolute Gasteiger partial charge is 0.329 e. The molecule has 130 valence electrons. The number of amides is 1. The molecular weight excluding hydrogens is 346 g/mol. The number of carboxylic acid groups (broad SMARTS) is 1. The highest BCUT2D eigenvalue weighted by Gasteiger charge is 2.41. The van der Waals surface area contributed by atoms with Gasteiger partial charge in [0.1, 0.15) is 10.4 Å². The van der Waals surface area contributed by atoms with E-state index in [0.29, 0.717) is 17.7 Å². The fraction of sp³-hybridized carbons (Fsp3) is 0.562. The highest BCUT2D eigenvalue weighted by atomic mass is 32.2. The number of carbonyl (C=O) groups is 2. The molecule has 0 saturated carbocycles. The maximum atomic E-state index is 12.7. The van der Waals surface area contributed by atoms with E-state index < -0.39 is 11.5 Å². The van der Waals surface area contributed by atoms with Crippen LogP contribution in [0.15, 0.2) is 6.07 Å². The number of aliphatic carboxylic acids is 1. The molecule has 1 aliphatic rings. The van der Waals surface area contributed by atoms with Crippen molar-refractivity contribution in [3.63, 3.8) is 0 Å². The molecule has 6 nitrogen and oxygen atoms in total. The number of carbonyl (C=O) groups excluding carboxylic acids is 1. The first-order chi connectivity index (χ1) is 11.3. The maximum absolute atomic E-state index is 12.7. The normalized spacial score (nSPS) is 17.3. The van der Waals surface area contributed by atoms with Gasteiger partial charge in [0.15, 0.2) is 0 Å². The molecule has 1 amide bonds. The molecule has 3 rings (SSSR count). The largest absolute Gasteiger partial charge is 0.480 e. The van der Waals surface area contributed by atoms with Crippen LogP contribution in [0, 0.1) is 0 Å². The van der Waals surface area contributed by atoms with E-state index in [4.69, 9.17) is 0 Å². The summed E-state index contributed by atoms with van der Waals surface area (Å²) < 4.78 is 1.79. The Kier molecular flexibility index (Phi) is 4.61. The summed E-state index contributed by atoms with van der Waals surface area (Å²) in [7, 11) is 1.86. The van der Waals surface area contributed by atoms with Crippen molar-refractivity contribution >= 4 is 45.2 Å². The number of nitrogens with zero attached hydrogens (tertiary/aromatic N) is 2. The van der Waals surface area contributed by atoms with Crippen LogP contribution in [0.1, 0.15) is 48.0 Å². The van der Waals surface area contributed by atoms with Crippen molar-refractivity contribution in [2.24, 2.45) is 7.05 Å². The number of fused-ring (bicyclic) bond motifs is 1. The van der Waals surface area contributed by atoms with Gasteiger partial charge in [-0.05, 0) is 36.3 Å². The molecule has 0 spiro atoms. The number of thiophene rings is 1. The third-order valence-corrected chi connectivity index (χ3v) is 6.61. The zero-order valence-electron chi connectivity index (χ0n) is 14.0. The SMILES string of the molecule is CC(C)c1nn(C)c2sc(C(=O)NC3(C(=O)O)CCSCC3)cc12. The first-order valence-electron chi connectivity index (χ1n) is 7.94. The van der Waals surface area contributed by atoms with E-state index in [1.54, 1.807) is 16.4 Å². The predicted octanol–water partition coefficient (Wildman–Crippen LogP) is 2.84. The minimum absolute atomic E-state index is 0.264. The molecule has 24 heavy (non-hydrogen) atoms. The van der Waals surface area contributed by atoms with Crippen LogP contribution in [0.2, 0.25) is 0 Å². The first-order valence-corrected chi connectivity index (χ1v) is 9.91. The van der Waals surface area contributed by atoms with Crippen molar-refractivity contribution in [1.82, 2.24) is 15.1 Å². The molecule has 3 heterocycles. The zero-order valence-corrected chi connectivity index (χ0v) is 15.6. The van der Waals surface area contributed by atoms with E-state index >= 15 is 0 Å². The quantitative estimate of drug-likeness (QED) is 0.868. The Morgan fingerprint density at radius 1 is 1.38 bits per heavy atom. The monoisotopic (exact) mass is 367 g/mol. The van der Waals surface area contributed by atoms with E-state index in [1.807, 2.05) is 13.1 Å². The summed E-state index contributed by atoms with van der Waals surface area (Å²) >= 11 is 3.09. The van der Waals surface area contributed by atoms with Gasteiger partial charge in [-0.2, -0.15) is 16.9 Å². The molecule has 0 bridgehead atoms. The molecule has 2 aromatic heterocycles. The van der Waals surface area contributed by atoms with Gasteiger partial charge in [0.05, 0.1) is 10.6 Å². The lowest BCUT2D eigenvalue weighted by molar-refractivity contribution is -0.144. The van der Waals surface area contributed by atoms with Crippen molar-refractivity contribution < 1.29 is 14.7 Å². The predicted molar refractivity (Wildman–Crippen MR) is 97.1 cm³/mol. The summed E-state index contributed by atoms with van der Waals surface area (Å²) in [5, 5.41) is 17.9. The Bertz CT molecular complexity index is 788. The van der Waals surface area contributed by atoms with Gasteiger partial charge in [0.25, 0.3) is 5.91 Å². The molecule has 1 saturated heterocycles. The Balaban J connectivity index is 1.91. The average Bonchev–Trinajstić information content (AvgIpc) is 3.09. The molecule has 0 radical (unpaired) electrons. The van der Waals surface area contributed by atoms with E-state index in [1.165, 1.54) is 11.3 Å². The Hall–Kier alpha value is -1.54. The highest BCUT2D eigenvalue weighted by Crippen LogP contribution is 2.33. The van der Waals surface area contributed by atoms with Crippen LogP contribution in [0.5, 0.6) is 0 Å². The molecule has 0 atom stereocenters. The van der Waals surface area contributed by atoms with E-state index in [0.717, 1.165) is 27.4 Å². The number of aryl methyl sites for hydroxylation is 1. The summed E-state index contributed by atoms with van der Waals surface area (Å²) in [4.78, 5) is 25.9. The van der Waals surface area contributed by atoms with Gasteiger partial charge in [-0.15, -0.1) is 11.3 Å². The molecule has 2 aromatic rings. The average molecular weight is 367 g/mol. The zero-order chi connectivity index (χ0) is 17.5. The topological polar surface area (TPSA) is 84.2 Å². The lowest BCUT2D eigenvalue weighted by atomic mass is 9.92. The van der Waals surface area contributed by atoms with Gasteiger partial charge in [0, 0.05) is 12.4 Å². The lowest BCUT2D eigenvalue weighted by Crippen LogP contribution is -2.56. The summed E-state index contributed by atoms with van der Waals surface area (Å²) in [6.45, 7) is 4.14. The molecule has 1 fully saturated rings. The van der Waals surface area contributed by atoms with Crippen molar-refractivity contribution in [3.8, 4) is 0 Å². The summed E-state index contributed by atoms with van der Waals surface area (Å²) in [5.74, 6) is 0.517. The molecule has 0 unspecified atom stereocenters. The van der Waals surface area contributed by atoms with Crippen molar-refractivity contribution in [3.05, 3.63) is 16.6 Å². The maximum Gasteiger partial charge on any atom is 0.329 e. The van der Waals surface area contributed by atoms with Gasteiger partial charge in [-0.25, -0.2) is 4.79 Å². The minimum atomic E-state index is -1.14. The van der Waals surface area contributed by atoms with Crippen LogP contribution in [-0.2, 0) is 11.8 Å². The summed E-state index contributed by atoms with van der Waals surface area (Å²) in [6.07, 6.45) is 0.921. The molecule has 1 aliphatic heterocycles. The third-order valence-electron chi connectivity index (χ3n) is 4.42. The number of nitrogens with one attached hydrogen (secondary N) is 1. The second kappa shape index (κ2) is 6.40. The molecule has 2 N–H and O–H groups in total. The Morgan fingerprint density at radius 2 is 2.04 bits per heavy atom. The fourth-order valence-corrected chi connectivity index (χ4v) is 5.16. The van der Waals surface area contributed by atoms with Gasteiger partial charge >= 0.3 is 5.97 Å². The van der Waals surface area contributed by atoms with E-state index in [2.05, 4.69) is 24.3 Å². The summed E-state index contributed by atoms with van der Waals surface area (Å²) in [6, 6.07) is 1.84. The number of thioether (sulfide) groups is 1. The Morgan fingerprint density at radius 3 is 2.62 bits per heavy atom. The van der Waals surface area contributed by atoms with E-state index in [9.17, 15) is 14.7 Å². The minimum Gasteiger partial charge on any atom is -0.480 e. The van der Waals surface area contributed by atoms with Crippen molar-refractivity contribution in [2.45, 2.75) is 38.1 Å². The number of hydrogen-bond donors (Lipinski definition) is 2. The number of aromatic nitrogens is 2. The fourth-order valence-electron chi connectivity index (χ4n) is 3.00. The molecular formula is C16H21N3O3S2. The van der Waals surface area contributed by atoms with Gasteiger partial charge in [-0.3, -0.25) is 9.48 Å². The third kappa shape index (κ3) is 2.93. The second-order valence-electron chi connectivity index (χ2n) is 6.45. The molecule has 0 aliphatic carbocycles. The Labute approximate surface area is 148 Å². The number of rotatable bonds is 4. The number of carboxylic acids is 1. The lowest BCUT2D eigenvalue weighted by Gasteiger charge is -2.33. The van der Waals surface area contributed by atoms with Gasteiger partial charge in [-0.1, -0.05) is 13.8 Å².